The molecule has 1 aromatic carbocycles. The number of fused-ring (bicyclic) bond motifs is 4. The molecule has 12 heteroatoms. The van der Waals surface area contributed by atoms with E-state index in [1.54, 1.807) is 0 Å². The first-order chi connectivity index (χ1) is 19.1. The first kappa shape index (κ1) is 25.7. The van der Waals surface area contributed by atoms with Gasteiger partial charge in [-0.3, -0.25) is 9.88 Å². The van der Waals surface area contributed by atoms with Crippen molar-refractivity contribution in [1.82, 2.24) is 25.2 Å². The Morgan fingerprint density at radius 2 is 1.93 bits per heavy atom. The van der Waals surface area contributed by atoms with Crippen LogP contribution in [0.15, 0.2) is 18.3 Å². The number of phenols is 1. The fourth-order valence-electron chi connectivity index (χ4n) is 6.87. The minimum Gasteiger partial charge on any atom is -0.508 e. The smallest absolute Gasteiger partial charge is 0.418 e. The summed E-state index contributed by atoms with van der Waals surface area (Å²) in [6.45, 7) is 3.38. The lowest BCUT2D eigenvalue weighted by molar-refractivity contribution is -0.137. The zero-order chi connectivity index (χ0) is 27.8. The fraction of sp³-hybridized carbons (Fsp3) is 0.464. The number of nitrogens with one attached hydrogen (secondary N) is 1. The number of rotatable bonds is 2. The molecule has 6 heterocycles. The summed E-state index contributed by atoms with van der Waals surface area (Å²) < 4.78 is 58.2. The third kappa shape index (κ3) is 4.07. The van der Waals surface area contributed by atoms with Crippen LogP contribution in [0.1, 0.15) is 43.5 Å². The molecule has 3 aromatic rings. The second-order valence-electron chi connectivity index (χ2n) is 11.0. The summed E-state index contributed by atoms with van der Waals surface area (Å²) in [5.74, 6) is 5.48. The monoisotopic (exact) mass is 572 g/mol. The summed E-state index contributed by atoms with van der Waals surface area (Å²) in [6.07, 6.45) is 1.31. The number of halogens is 5. The molecule has 2 bridgehead atoms. The zero-order valence-electron chi connectivity index (χ0n) is 21.3. The van der Waals surface area contributed by atoms with Gasteiger partial charge in [0.25, 0.3) is 0 Å². The van der Waals surface area contributed by atoms with Gasteiger partial charge in [0.05, 0.1) is 21.5 Å². The van der Waals surface area contributed by atoms with Gasteiger partial charge >= 0.3 is 6.18 Å². The minimum absolute atomic E-state index is 0.118. The molecule has 7 rings (SSSR count). The Hall–Kier alpha value is -3.20. The highest BCUT2D eigenvalue weighted by atomic mass is 35.5. The fourth-order valence-corrected chi connectivity index (χ4v) is 7.19. The van der Waals surface area contributed by atoms with Crippen molar-refractivity contribution in [2.24, 2.45) is 0 Å². The Kier molecular flexibility index (Phi) is 5.90. The summed E-state index contributed by atoms with van der Waals surface area (Å²) >= 11 is 5.87. The van der Waals surface area contributed by atoms with E-state index < -0.39 is 39.6 Å². The van der Waals surface area contributed by atoms with Crippen LogP contribution in [0.2, 0.25) is 5.02 Å². The Balaban J connectivity index is 1.42. The molecule has 4 aliphatic rings. The van der Waals surface area contributed by atoms with Gasteiger partial charge in [-0.2, -0.15) is 13.2 Å². The van der Waals surface area contributed by atoms with Crippen LogP contribution in [0.5, 0.6) is 5.75 Å². The maximum absolute atomic E-state index is 16.2. The summed E-state index contributed by atoms with van der Waals surface area (Å²) in [6, 6.07) is 2.00. The lowest BCUT2D eigenvalue weighted by atomic mass is 9.95. The Morgan fingerprint density at radius 1 is 1.15 bits per heavy atom. The first-order valence-corrected chi connectivity index (χ1v) is 13.8. The minimum atomic E-state index is -4.91. The maximum Gasteiger partial charge on any atom is 0.418 e. The van der Waals surface area contributed by atoms with Crippen LogP contribution in [0.3, 0.4) is 0 Å². The Labute approximate surface area is 232 Å². The van der Waals surface area contributed by atoms with Crippen molar-refractivity contribution in [3.63, 3.8) is 0 Å². The molecule has 0 unspecified atom stereocenters. The molecule has 208 valence electrons. The molecule has 4 aliphatic heterocycles. The highest BCUT2D eigenvalue weighted by molar-refractivity contribution is 6.32. The average molecular weight is 573 g/mol. The van der Waals surface area contributed by atoms with Gasteiger partial charge in [0.15, 0.2) is 5.82 Å². The summed E-state index contributed by atoms with van der Waals surface area (Å²) in [5.41, 5.74) is -2.97. The summed E-state index contributed by atoms with van der Waals surface area (Å²) in [7, 11) is 0. The standard InChI is InChI=1S/C28H25ClF4N6O/c29-20-11-17(40)10-18(22(20)28(31,32)33)24-23(30)25-19(13-35-24)26(39-14-15-9-16(39)12-34-15)37-21(36-25)3-6-27-4-1-7-38(27)8-2-5-27/h10-11,13,15-16,34,40H,1-2,4-5,7-9,12,14H2/t15-,16-/m1/s1. The lowest BCUT2D eigenvalue weighted by Gasteiger charge is -2.29. The van der Waals surface area contributed by atoms with Crippen LogP contribution in [-0.2, 0) is 6.18 Å². The van der Waals surface area contributed by atoms with E-state index in [1.165, 1.54) is 6.20 Å². The Bertz CT molecular complexity index is 1590. The van der Waals surface area contributed by atoms with E-state index in [0.717, 1.165) is 63.9 Å². The second-order valence-corrected chi connectivity index (χ2v) is 11.4. The highest BCUT2D eigenvalue weighted by Gasteiger charge is 2.43. The predicted molar refractivity (Wildman–Crippen MR) is 142 cm³/mol. The first-order valence-electron chi connectivity index (χ1n) is 13.4. The maximum atomic E-state index is 16.2. The molecular weight excluding hydrogens is 548 g/mol. The number of piperazine rings is 1. The molecule has 4 saturated heterocycles. The van der Waals surface area contributed by atoms with E-state index >= 15 is 4.39 Å². The number of nitrogens with zero attached hydrogens (tertiary/aromatic N) is 5. The average Bonchev–Trinajstić information content (AvgIpc) is 3.68. The molecular formula is C28H25ClF4N6O. The SMILES string of the molecule is Oc1cc(Cl)c(C(F)(F)F)c(-c2ncc3c(N4C[C@H]5C[C@@H]4CN5)nc(C#CC45CCCN4CCC5)nc3c2F)c1. The normalized spacial score (nSPS) is 23.6. The van der Waals surface area contributed by atoms with E-state index in [1.807, 2.05) is 0 Å². The molecule has 2 aromatic heterocycles. The number of aromatic hydroxyl groups is 1. The van der Waals surface area contributed by atoms with Crippen molar-refractivity contribution in [2.75, 3.05) is 31.1 Å². The number of pyridine rings is 1. The summed E-state index contributed by atoms with van der Waals surface area (Å²) in [5, 5.41) is 13.0. The van der Waals surface area contributed by atoms with E-state index in [9.17, 15) is 18.3 Å². The van der Waals surface area contributed by atoms with Crippen LogP contribution in [0.25, 0.3) is 22.2 Å². The largest absolute Gasteiger partial charge is 0.508 e. The van der Waals surface area contributed by atoms with Crippen LogP contribution in [0, 0.1) is 17.7 Å². The number of phenolic OH excluding ortho intramolecular Hbond substituents is 1. The second kappa shape index (κ2) is 9.16. The van der Waals surface area contributed by atoms with Crippen molar-refractivity contribution in [3.8, 4) is 28.8 Å². The molecule has 0 aliphatic carbocycles. The third-order valence-electron chi connectivity index (χ3n) is 8.66. The van der Waals surface area contributed by atoms with Gasteiger partial charge < -0.3 is 15.3 Å². The molecule has 0 spiro atoms. The van der Waals surface area contributed by atoms with Gasteiger partial charge in [-0.1, -0.05) is 17.5 Å². The molecule has 4 fully saturated rings. The van der Waals surface area contributed by atoms with Crippen molar-refractivity contribution in [2.45, 2.75) is 55.9 Å². The van der Waals surface area contributed by atoms with Crippen LogP contribution < -0.4 is 10.2 Å². The molecule has 7 nitrogen and oxygen atoms in total. The third-order valence-corrected chi connectivity index (χ3v) is 8.95. The topological polar surface area (TPSA) is 77.4 Å². The van der Waals surface area contributed by atoms with Crippen molar-refractivity contribution in [1.29, 1.82) is 0 Å². The number of hydrogen-bond acceptors (Lipinski definition) is 7. The van der Waals surface area contributed by atoms with Gasteiger partial charge in [0, 0.05) is 36.9 Å². The van der Waals surface area contributed by atoms with Gasteiger partial charge in [-0.25, -0.2) is 14.4 Å². The molecule has 2 atom stereocenters. The molecule has 0 saturated carbocycles. The molecule has 0 radical (unpaired) electrons. The van der Waals surface area contributed by atoms with Crippen molar-refractivity contribution in [3.05, 3.63) is 40.6 Å². The Morgan fingerprint density at radius 3 is 2.60 bits per heavy atom. The predicted octanol–water partition coefficient (Wildman–Crippen LogP) is 4.74. The van der Waals surface area contributed by atoms with E-state index in [0.29, 0.717) is 17.7 Å². The van der Waals surface area contributed by atoms with Gasteiger partial charge in [-0.05, 0) is 63.2 Å². The summed E-state index contributed by atoms with van der Waals surface area (Å²) in [4.78, 5) is 17.7. The number of aromatic nitrogens is 3. The van der Waals surface area contributed by atoms with Crippen molar-refractivity contribution >= 4 is 28.3 Å². The molecule has 40 heavy (non-hydrogen) atoms. The lowest BCUT2D eigenvalue weighted by Crippen LogP contribution is -2.44. The highest BCUT2D eigenvalue weighted by Crippen LogP contribution is 2.45. The van der Waals surface area contributed by atoms with Crippen LogP contribution in [-0.4, -0.2) is 68.8 Å². The van der Waals surface area contributed by atoms with Gasteiger partial charge in [0.1, 0.15) is 22.8 Å². The van der Waals surface area contributed by atoms with Crippen LogP contribution in [0.4, 0.5) is 23.4 Å². The van der Waals surface area contributed by atoms with Crippen LogP contribution >= 0.6 is 11.6 Å². The van der Waals surface area contributed by atoms with Gasteiger partial charge in [0.2, 0.25) is 5.82 Å². The number of hydrogen-bond donors (Lipinski definition) is 2. The zero-order valence-corrected chi connectivity index (χ0v) is 22.1. The van der Waals surface area contributed by atoms with E-state index in [4.69, 9.17) is 16.6 Å². The molecule has 0 amide bonds. The van der Waals surface area contributed by atoms with E-state index in [2.05, 4.69) is 36.9 Å². The quantitative estimate of drug-likeness (QED) is 0.339. The van der Waals surface area contributed by atoms with Crippen molar-refractivity contribution < 1.29 is 22.7 Å². The van der Waals surface area contributed by atoms with E-state index in [-0.39, 0.29) is 29.0 Å². The number of anilines is 1. The van der Waals surface area contributed by atoms with Gasteiger partial charge in [-0.15, -0.1) is 0 Å². The number of alkyl halides is 3. The molecule has 2 N–H and O–H groups in total. The number of benzene rings is 1.